The van der Waals surface area contributed by atoms with Gasteiger partial charge in [0.1, 0.15) is 12.4 Å². The van der Waals surface area contributed by atoms with Gasteiger partial charge in [-0.05, 0) is 31.2 Å². The van der Waals surface area contributed by atoms with E-state index in [0.717, 1.165) is 23.6 Å². The first-order valence-corrected chi connectivity index (χ1v) is 6.60. The first-order valence-electron chi connectivity index (χ1n) is 6.60. The Labute approximate surface area is 119 Å². The molecule has 1 aromatic carbocycles. The van der Waals surface area contributed by atoms with E-state index in [0.29, 0.717) is 13.0 Å². The van der Waals surface area contributed by atoms with Crippen molar-refractivity contribution >= 4 is 0 Å². The predicted molar refractivity (Wildman–Crippen MR) is 77.5 cm³/mol. The molecule has 2 aromatic rings. The van der Waals surface area contributed by atoms with Gasteiger partial charge in [-0.25, -0.2) is 0 Å². The highest BCUT2D eigenvalue weighted by Crippen LogP contribution is 2.12. The van der Waals surface area contributed by atoms with Gasteiger partial charge in [0.05, 0.1) is 13.2 Å². The Morgan fingerprint density at radius 1 is 1.35 bits per heavy atom. The van der Waals surface area contributed by atoms with Gasteiger partial charge < -0.3 is 9.84 Å². The average molecular weight is 270 g/mol. The first kappa shape index (κ1) is 14.2. The van der Waals surface area contributed by atoms with Crippen LogP contribution in [0.25, 0.3) is 0 Å². The van der Waals surface area contributed by atoms with E-state index in [1.807, 2.05) is 41.9 Å². The van der Waals surface area contributed by atoms with Gasteiger partial charge in [-0.2, -0.15) is 5.10 Å². The molecule has 0 saturated carbocycles. The van der Waals surface area contributed by atoms with Crippen molar-refractivity contribution in [3.05, 3.63) is 47.8 Å². The predicted octanol–water partition coefficient (Wildman–Crippen LogP) is 2.00. The molecule has 0 aliphatic carbocycles. The van der Waals surface area contributed by atoms with Gasteiger partial charge in [0.15, 0.2) is 0 Å². The fourth-order valence-electron chi connectivity index (χ4n) is 1.77. The van der Waals surface area contributed by atoms with Gasteiger partial charge in [0.2, 0.25) is 0 Å². The molecule has 0 atom stereocenters. The molecule has 1 aromatic heterocycles. The van der Waals surface area contributed by atoms with Crippen LogP contribution < -0.4 is 4.74 Å². The molecule has 0 radical (unpaired) electrons. The lowest BCUT2D eigenvalue weighted by Crippen LogP contribution is -2.10. The highest BCUT2D eigenvalue weighted by atomic mass is 16.5. The molecule has 0 spiro atoms. The molecule has 0 bridgehead atoms. The number of hydrogen-bond donors (Lipinski definition) is 1. The summed E-state index contributed by atoms with van der Waals surface area (Å²) >= 11 is 0. The first-order chi connectivity index (χ1) is 9.79. The summed E-state index contributed by atoms with van der Waals surface area (Å²) in [6, 6.07) is 9.62. The smallest absolute Gasteiger partial charge is 0.120 e. The van der Waals surface area contributed by atoms with Crippen LogP contribution in [-0.2, 0) is 6.54 Å². The Bertz CT molecular complexity index is 608. The van der Waals surface area contributed by atoms with Crippen LogP contribution in [0, 0.1) is 18.8 Å². The average Bonchev–Trinajstić information content (AvgIpc) is 2.85. The van der Waals surface area contributed by atoms with E-state index in [1.165, 1.54) is 0 Å². The number of aryl methyl sites for hydroxylation is 1. The third-order valence-corrected chi connectivity index (χ3v) is 2.80. The van der Waals surface area contributed by atoms with Gasteiger partial charge in [-0.15, -0.1) is 0 Å². The minimum Gasteiger partial charge on any atom is -0.492 e. The standard InChI is InChI=1S/C16H18N2O2/c1-14-8-9-17-18(14)10-12-20-16-7-4-6-15(13-16)5-2-3-11-19/h4,6-9,13,19H,3,10-12H2,1H3. The lowest BCUT2D eigenvalue weighted by Gasteiger charge is -2.07. The Kier molecular flexibility index (Phi) is 5.22. The maximum Gasteiger partial charge on any atom is 0.120 e. The maximum atomic E-state index is 8.69. The second-order valence-corrected chi connectivity index (χ2v) is 4.35. The second-order valence-electron chi connectivity index (χ2n) is 4.35. The molecule has 1 N–H and O–H groups in total. The van der Waals surface area contributed by atoms with Crippen molar-refractivity contribution in [3.8, 4) is 17.6 Å². The fraction of sp³-hybridized carbons (Fsp3) is 0.312. The molecule has 2 rings (SSSR count). The summed E-state index contributed by atoms with van der Waals surface area (Å²) in [5.41, 5.74) is 2.02. The highest BCUT2D eigenvalue weighted by Gasteiger charge is 1.98. The summed E-state index contributed by atoms with van der Waals surface area (Å²) in [5.74, 6) is 6.68. The molecule has 0 aliphatic rings. The Morgan fingerprint density at radius 3 is 3.00 bits per heavy atom. The van der Waals surface area contributed by atoms with Crippen LogP contribution in [0.2, 0.25) is 0 Å². The van der Waals surface area contributed by atoms with Gasteiger partial charge >= 0.3 is 0 Å². The third kappa shape index (κ3) is 4.15. The number of aliphatic hydroxyl groups is 1. The van der Waals surface area contributed by atoms with Gasteiger partial charge in [0.25, 0.3) is 0 Å². The van der Waals surface area contributed by atoms with Crippen LogP contribution in [0.4, 0.5) is 0 Å². The number of ether oxygens (including phenoxy) is 1. The topological polar surface area (TPSA) is 47.3 Å². The van der Waals surface area contributed by atoms with E-state index >= 15 is 0 Å². The second kappa shape index (κ2) is 7.37. The minimum absolute atomic E-state index is 0.0897. The number of rotatable bonds is 5. The molecule has 0 amide bonds. The molecular formula is C16H18N2O2. The molecule has 4 nitrogen and oxygen atoms in total. The molecule has 0 aliphatic heterocycles. The van der Waals surface area contributed by atoms with E-state index in [9.17, 15) is 0 Å². The van der Waals surface area contributed by atoms with Crippen LogP contribution in [-0.4, -0.2) is 28.1 Å². The van der Waals surface area contributed by atoms with Crippen molar-refractivity contribution in [2.75, 3.05) is 13.2 Å². The molecule has 0 unspecified atom stereocenters. The summed E-state index contributed by atoms with van der Waals surface area (Å²) in [6.07, 6.45) is 2.27. The fourth-order valence-corrected chi connectivity index (χ4v) is 1.77. The zero-order valence-corrected chi connectivity index (χ0v) is 11.5. The van der Waals surface area contributed by atoms with E-state index < -0.39 is 0 Å². The molecule has 4 heteroatoms. The van der Waals surface area contributed by atoms with Gasteiger partial charge in [-0.1, -0.05) is 17.9 Å². The highest BCUT2D eigenvalue weighted by molar-refractivity contribution is 5.39. The summed E-state index contributed by atoms with van der Waals surface area (Å²) < 4.78 is 7.61. The molecule has 104 valence electrons. The van der Waals surface area contributed by atoms with E-state index in [4.69, 9.17) is 9.84 Å². The zero-order valence-electron chi connectivity index (χ0n) is 11.5. The van der Waals surface area contributed by atoms with Crippen LogP contribution in [0.5, 0.6) is 5.75 Å². The van der Waals surface area contributed by atoms with Crippen molar-refractivity contribution in [1.82, 2.24) is 9.78 Å². The number of hydrogen-bond acceptors (Lipinski definition) is 3. The summed E-state index contributed by atoms with van der Waals surface area (Å²) in [5, 5.41) is 12.9. The van der Waals surface area contributed by atoms with Crippen LogP contribution in [0.3, 0.4) is 0 Å². The lowest BCUT2D eigenvalue weighted by atomic mass is 10.2. The Balaban J connectivity index is 1.89. The largest absolute Gasteiger partial charge is 0.492 e. The normalized spacial score (nSPS) is 9.90. The molecular weight excluding hydrogens is 252 g/mol. The van der Waals surface area contributed by atoms with Crippen LogP contribution >= 0.6 is 0 Å². The summed E-state index contributed by atoms with van der Waals surface area (Å²) in [7, 11) is 0. The van der Waals surface area contributed by atoms with E-state index in [1.54, 1.807) is 6.20 Å². The van der Waals surface area contributed by atoms with E-state index in [2.05, 4.69) is 16.9 Å². The number of nitrogens with zero attached hydrogens (tertiary/aromatic N) is 2. The van der Waals surface area contributed by atoms with Crippen molar-refractivity contribution in [2.45, 2.75) is 19.9 Å². The molecule has 20 heavy (non-hydrogen) atoms. The monoisotopic (exact) mass is 270 g/mol. The van der Waals surface area contributed by atoms with Gasteiger partial charge in [0, 0.05) is 23.9 Å². The van der Waals surface area contributed by atoms with Crippen molar-refractivity contribution in [1.29, 1.82) is 0 Å². The van der Waals surface area contributed by atoms with E-state index in [-0.39, 0.29) is 6.61 Å². The molecule has 0 fully saturated rings. The quantitative estimate of drug-likeness (QED) is 0.845. The Morgan fingerprint density at radius 2 is 2.25 bits per heavy atom. The number of aliphatic hydroxyl groups excluding tert-OH is 1. The van der Waals surface area contributed by atoms with Crippen LogP contribution in [0.1, 0.15) is 17.7 Å². The SMILES string of the molecule is Cc1ccnn1CCOc1cccc(C#CCCO)c1. The lowest BCUT2D eigenvalue weighted by molar-refractivity contribution is 0.290. The summed E-state index contributed by atoms with van der Waals surface area (Å²) in [6.45, 7) is 3.39. The van der Waals surface area contributed by atoms with Crippen molar-refractivity contribution < 1.29 is 9.84 Å². The van der Waals surface area contributed by atoms with Crippen LogP contribution in [0.15, 0.2) is 36.5 Å². The summed E-state index contributed by atoms with van der Waals surface area (Å²) in [4.78, 5) is 0. The van der Waals surface area contributed by atoms with Gasteiger partial charge in [-0.3, -0.25) is 4.68 Å². The zero-order chi connectivity index (χ0) is 14.2. The Hall–Kier alpha value is -2.25. The molecule has 1 heterocycles. The number of aromatic nitrogens is 2. The van der Waals surface area contributed by atoms with Crippen molar-refractivity contribution in [3.63, 3.8) is 0 Å². The third-order valence-electron chi connectivity index (χ3n) is 2.80. The maximum absolute atomic E-state index is 8.69. The van der Waals surface area contributed by atoms with Crippen molar-refractivity contribution in [2.24, 2.45) is 0 Å². The minimum atomic E-state index is 0.0897. The number of benzene rings is 1. The molecule has 0 saturated heterocycles.